The third-order valence-electron chi connectivity index (χ3n) is 9.99. The molecule has 30 heavy (non-hydrogen) atoms. The van der Waals surface area contributed by atoms with Gasteiger partial charge in [0.25, 0.3) is 0 Å². The lowest BCUT2D eigenvalue weighted by atomic mass is 9.47. The molecule has 170 valence electrons. The smallest absolute Gasteiger partial charge is 0.137 e. The minimum absolute atomic E-state index is 0.0184. The molecule has 7 unspecified atom stereocenters. The second-order valence-corrected chi connectivity index (χ2v) is 12.8. The Morgan fingerprint density at radius 3 is 2.63 bits per heavy atom. The lowest BCUT2D eigenvalue weighted by molar-refractivity contribution is -0.144. The molecule has 8 atom stereocenters. The maximum Gasteiger partial charge on any atom is 0.137 e. The van der Waals surface area contributed by atoms with Crippen LogP contribution in [0.4, 0.5) is 0 Å². The third kappa shape index (κ3) is 3.62. The predicted molar refractivity (Wildman–Crippen MR) is 121 cm³/mol. The lowest BCUT2D eigenvalue weighted by Gasteiger charge is -2.57. The van der Waals surface area contributed by atoms with Crippen molar-refractivity contribution < 1.29 is 15.0 Å². The minimum Gasteiger partial charge on any atom is -0.393 e. The Balaban J connectivity index is 1.49. The molecule has 4 rings (SSSR count). The fraction of sp³-hybridized carbons (Fsp3) is 0.889. The van der Waals surface area contributed by atoms with E-state index in [1.54, 1.807) is 0 Å². The van der Waals surface area contributed by atoms with E-state index in [2.05, 4.69) is 40.7 Å². The summed E-state index contributed by atoms with van der Waals surface area (Å²) in [5, 5.41) is 20.6. The number of Topliss-reactive ketones (excluding diaryl/α,β-unsaturated/α-hetero) is 1. The van der Waals surface area contributed by atoms with E-state index >= 15 is 0 Å². The van der Waals surface area contributed by atoms with Crippen LogP contribution in [0, 0.1) is 39.9 Å². The zero-order valence-electron chi connectivity index (χ0n) is 19.9. The molecule has 2 N–H and O–H groups in total. The summed E-state index contributed by atoms with van der Waals surface area (Å²) in [6.45, 7) is 11.1. The van der Waals surface area contributed by atoms with Gasteiger partial charge in [-0.3, -0.25) is 4.79 Å². The van der Waals surface area contributed by atoms with Crippen molar-refractivity contribution in [3.05, 3.63) is 11.6 Å². The van der Waals surface area contributed by atoms with Crippen molar-refractivity contribution in [2.24, 2.45) is 39.9 Å². The van der Waals surface area contributed by atoms with Gasteiger partial charge in [-0.25, -0.2) is 0 Å². The molecule has 0 aromatic rings. The van der Waals surface area contributed by atoms with E-state index in [-0.39, 0.29) is 34.4 Å². The van der Waals surface area contributed by atoms with E-state index in [1.165, 1.54) is 18.4 Å². The van der Waals surface area contributed by atoms with E-state index in [9.17, 15) is 15.0 Å². The molecule has 0 aliphatic heterocycles. The highest BCUT2D eigenvalue weighted by Crippen LogP contribution is 2.65. The molecule has 3 saturated carbocycles. The zero-order chi connectivity index (χ0) is 21.9. The number of aliphatic hydroxyl groups is 2. The Hall–Kier alpha value is -0.670. The molecule has 3 nitrogen and oxygen atoms in total. The summed E-state index contributed by atoms with van der Waals surface area (Å²) < 4.78 is 0. The number of carbonyl (C=O) groups is 1. The fourth-order valence-electron chi connectivity index (χ4n) is 8.04. The molecule has 0 heterocycles. The first kappa shape index (κ1) is 22.5. The van der Waals surface area contributed by atoms with Crippen molar-refractivity contribution >= 4 is 5.78 Å². The second kappa shape index (κ2) is 7.73. The molecule has 0 spiro atoms. The van der Waals surface area contributed by atoms with Gasteiger partial charge in [0.2, 0.25) is 0 Å². The highest BCUT2D eigenvalue weighted by molar-refractivity contribution is 5.85. The van der Waals surface area contributed by atoms with Gasteiger partial charge in [-0.1, -0.05) is 52.7 Å². The largest absolute Gasteiger partial charge is 0.393 e. The minimum atomic E-state index is -0.247. The van der Waals surface area contributed by atoms with E-state index in [4.69, 9.17) is 0 Å². The van der Waals surface area contributed by atoms with Gasteiger partial charge in [-0.15, -0.1) is 0 Å². The molecule has 0 radical (unpaired) electrons. The molecule has 3 fully saturated rings. The molecule has 3 heteroatoms. The number of ketones is 1. The molecule has 0 aromatic carbocycles. The molecular formula is C27H44O3. The van der Waals surface area contributed by atoms with Crippen LogP contribution in [0.15, 0.2) is 11.6 Å². The van der Waals surface area contributed by atoms with E-state index < -0.39 is 0 Å². The van der Waals surface area contributed by atoms with Crippen molar-refractivity contribution in [2.75, 3.05) is 0 Å². The molecule has 0 aromatic heterocycles. The predicted octanol–water partition coefficient (Wildman–Crippen LogP) is 5.68. The van der Waals surface area contributed by atoms with Crippen LogP contribution < -0.4 is 0 Å². The van der Waals surface area contributed by atoms with Gasteiger partial charge in [0.05, 0.1) is 12.2 Å². The number of fused-ring (bicyclic) bond motifs is 5. The molecule has 0 amide bonds. The van der Waals surface area contributed by atoms with Crippen molar-refractivity contribution in [1.29, 1.82) is 0 Å². The first-order chi connectivity index (χ1) is 14.0. The normalized spacial score (nSPS) is 44.7. The molecule has 0 bridgehead atoms. The van der Waals surface area contributed by atoms with Crippen LogP contribution in [0.25, 0.3) is 0 Å². The number of carbonyl (C=O) groups excluding carboxylic acids is 1. The maximum absolute atomic E-state index is 13.6. The molecule has 4 aliphatic rings. The Kier molecular flexibility index (Phi) is 5.80. The van der Waals surface area contributed by atoms with Gasteiger partial charge >= 0.3 is 0 Å². The van der Waals surface area contributed by atoms with E-state index in [0.717, 1.165) is 51.4 Å². The summed E-state index contributed by atoms with van der Waals surface area (Å²) in [7, 11) is 0. The van der Waals surface area contributed by atoms with Crippen molar-refractivity contribution in [3.8, 4) is 0 Å². The topological polar surface area (TPSA) is 57.5 Å². The average Bonchev–Trinajstić information content (AvgIpc) is 2.97. The Morgan fingerprint density at radius 2 is 1.93 bits per heavy atom. The number of aliphatic hydroxyl groups excluding tert-OH is 2. The SMILES string of the molecule is CC(C)(C)C(O)CCC[C@H]1CCC2C3CC=C4CC(O)CCC4(C)C3C(=O)CC21C. The van der Waals surface area contributed by atoms with Crippen LogP contribution in [-0.2, 0) is 4.79 Å². The average molecular weight is 417 g/mol. The quantitative estimate of drug-likeness (QED) is 0.579. The van der Waals surface area contributed by atoms with Crippen molar-refractivity contribution in [3.63, 3.8) is 0 Å². The summed E-state index contributed by atoms with van der Waals surface area (Å²) in [5.74, 6) is 2.44. The summed E-state index contributed by atoms with van der Waals surface area (Å²) in [6.07, 6.45) is 11.9. The van der Waals surface area contributed by atoms with Crippen LogP contribution in [0.5, 0.6) is 0 Å². The first-order valence-corrected chi connectivity index (χ1v) is 12.5. The Bertz CT molecular complexity index is 703. The number of hydrogen-bond acceptors (Lipinski definition) is 3. The molecular weight excluding hydrogens is 372 g/mol. The van der Waals surface area contributed by atoms with E-state index in [0.29, 0.717) is 23.5 Å². The second-order valence-electron chi connectivity index (χ2n) is 12.8. The van der Waals surface area contributed by atoms with Gasteiger partial charge in [-0.2, -0.15) is 0 Å². The van der Waals surface area contributed by atoms with E-state index in [1.807, 2.05) is 0 Å². The summed E-state index contributed by atoms with van der Waals surface area (Å²) in [5.41, 5.74) is 1.44. The first-order valence-electron chi connectivity index (χ1n) is 12.5. The van der Waals surface area contributed by atoms with Gasteiger partial charge in [-0.05, 0) is 85.4 Å². The third-order valence-corrected chi connectivity index (χ3v) is 9.99. The van der Waals surface area contributed by atoms with Crippen LogP contribution in [0.3, 0.4) is 0 Å². The summed E-state index contributed by atoms with van der Waals surface area (Å²) >= 11 is 0. The van der Waals surface area contributed by atoms with Gasteiger partial charge < -0.3 is 10.2 Å². The summed E-state index contributed by atoms with van der Waals surface area (Å²) in [4.78, 5) is 13.6. The molecule has 0 saturated heterocycles. The monoisotopic (exact) mass is 416 g/mol. The van der Waals surface area contributed by atoms with Crippen LogP contribution in [0.1, 0.15) is 98.8 Å². The highest BCUT2D eigenvalue weighted by Gasteiger charge is 2.61. The van der Waals surface area contributed by atoms with Gasteiger partial charge in [0, 0.05) is 12.3 Å². The lowest BCUT2D eigenvalue weighted by Crippen LogP contribution is -2.54. The van der Waals surface area contributed by atoms with Crippen molar-refractivity contribution in [2.45, 2.75) is 111 Å². The maximum atomic E-state index is 13.6. The fourth-order valence-corrected chi connectivity index (χ4v) is 8.04. The zero-order valence-corrected chi connectivity index (χ0v) is 19.9. The number of allylic oxidation sites excluding steroid dienone is 1. The standard InChI is InChI=1S/C27H44O3/c1-25(2,3)23(30)8-6-7-17-10-12-21-20-11-9-18-15-19(28)13-14-26(18,4)24(20)22(29)16-27(17,21)5/h9,17,19-21,23-24,28,30H,6-8,10-16H2,1-5H3/t17-,19?,20?,21?,23?,24?,26?,27?/m0/s1. The highest BCUT2D eigenvalue weighted by atomic mass is 16.3. The van der Waals surface area contributed by atoms with Gasteiger partial charge in [0.1, 0.15) is 5.78 Å². The number of hydrogen-bond donors (Lipinski definition) is 2. The Labute approximate surface area is 183 Å². The summed E-state index contributed by atoms with van der Waals surface area (Å²) in [6, 6.07) is 0. The molecule has 4 aliphatic carbocycles. The number of rotatable bonds is 4. The van der Waals surface area contributed by atoms with Crippen LogP contribution >= 0.6 is 0 Å². The van der Waals surface area contributed by atoms with Crippen molar-refractivity contribution in [1.82, 2.24) is 0 Å². The van der Waals surface area contributed by atoms with Gasteiger partial charge in [0.15, 0.2) is 0 Å². The Morgan fingerprint density at radius 1 is 1.20 bits per heavy atom. The van der Waals surface area contributed by atoms with Crippen LogP contribution in [-0.4, -0.2) is 28.2 Å². The van der Waals surface area contributed by atoms with Crippen LogP contribution in [0.2, 0.25) is 0 Å².